The van der Waals surface area contributed by atoms with Crippen molar-refractivity contribution in [2.75, 3.05) is 20.3 Å². The molecule has 2 rings (SSSR count). The average molecular weight is 895 g/mol. The molecule has 5 N–H and O–H groups in total. The second kappa shape index (κ2) is 24.9. The number of esters is 1. The zero-order valence-electron chi connectivity index (χ0n) is 27.0. The number of rotatable bonds is 13. The fourth-order valence-corrected chi connectivity index (χ4v) is 5.72. The van der Waals surface area contributed by atoms with E-state index in [2.05, 4.69) is 74.8 Å². The summed E-state index contributed by atoms with van der Waals surface area (Å²) in [7, 11) is 1.28. The first kappa shape index (κ1) is 44.8. The average Bonchev–Trinajstić information content (AvgIpc) is 2.94. The minimum atomic E-state index is -1.47. The molecule has 0 spiro atoms. The largest absolute Gasteiger partial charge is 0.463 e. The number of nitrogens with zero attached hydrogens (tertiary/aromatic N) is 2. The molecule has 1 heterocycles. The van der Waals surface area contributed by atoms with Crippen molar-refractivity contribution >= 4 is 66.0 Å². The Kier molecular flexibility index (Phi) is 24.8. The van der Waals surface area contributed by atoms with Crippen LogP contribution < -0.4 is 0 Å². The molecule has 0 radical (unpaired) electrons. The second-order valence-corrected chi connectivity index (χ2v) is 20.7. The van der Waals surface area contributed by atoms with Crippen LogP contribution in [0.5, 0.6) is 0 Å². The number of hydrogen-bond acceptors (Lipinski definition) is 13. The van der Waals surface area contributed by atoms with E-state index >= 15 is 0 Å². The van der Waals surface area contributed by atoms with Gasteiger partial charge in [0.05, 0.1) is 26.1 Å². The predicted molar refractivity (Wildman–Crippen MR) is 191 cm³/mol. The van der Waals surface area contributed by atoms with Crippen LogP contribution in [0.15, 0.2) is 9.98 Å². The number of ether oxygens (including phenoxy) is 3. The molecule has 9 atom stereocenters. The fraction of sp³-hybridized carbons (Fsp3) is 0.897. The molecule has 45 heavy (non-hydrogen) atoms. The third-order valence-electron chi connectivity index (χ3n) is 7.40. The van der Waals surface area contributed by atoms with Gasteiger partial charge in [0.1, 0.15) is 31.0 Å². The van der Waals surface area contributed by atoms with Crippen LogP contribution in [0.2, 0.25) is 0 Å². The monoisotopic (exact) mass is 894 g/mol. The summed E-state index contributed by atoms with van der Waals surface area (Å²) >= 11 is 4.12. The quantitative estimate of drug-likeness (QED) is 0.0584. The van der Waals surface area contributed by atoms with E-state index in [1.807, 2.05) is 6.92 Å². The lowest BCUT2D eigenvalue weighted by Gasteiger charge is -2.44. The summed E-state index contributed by atoms with van der Waals surface area (Å²) in [5.41, 5.74) is 0.0561. The first-order chi connectivity index (χ1) is 20.9. The van der Waals surface area contributed by atoms with Crippen LogP contribution in [0.3, 0.4) is 0 Å². The third kappa shape index (κ3) is 18.8. The molecule has 13 nitrogen and oxygen atoms in total. The number of aliphatic hydroxyl groups excluding tert-OH is 5. The van der Waals surface area contributed by atoms with Gasteiger partial charge < -0.3 is 39.7 Å². The van der Waals surface area contributed by atoms with Gasteiger partial charge in [0.2, 0.25) is 12.2 Å². The molecule has 0 aromatic rings. The Hall–Kier alpha value is -0.160. The molecule has 1 saturated heterocycles. The molecule has 16 heteroatoms. The first-order valence-electron chi connectivity index (χ1n) is 14.9. The Morgan fingerprint density at radius 3 is 2.24 bits per heavy atom. The van der Waals surface area contributed by atoms with Crippen molar-refractivity contribution in [1.29, 1.82) is 1.28 Å². The van der Waals surface area contributed by atoms with Gasteiger partial charge in [0, 0.05) is 18.8 Å². The number of methoxy groups -OCH3 is 1. The van der Waals surface area contributed by atoms with Crippen molar-refractivity contribution in [2.24, 2.45) is 20.8 Å². The SMILES string of the molecule is C.CC1(C)CC(N=C=O)CC(C)(CN=C=O)C1.CCCC(O)C(O)CCCC(=O)OCC1O[C@H](OC)C(O)[C@@H](O)[C@@H]1O.[2HH].[2H]P(I)I. The van der Waals surface area contributed by atoms with Crippen molar-refractivity contribution < 1.29 is 55.6 Å². The maximum Gasteiger partial charge on any atom is 0.305 e. The Balaban J connectivity index is -0.000000758. The molecular formula is C29H55I2N2O11P. The van der Waals surface area contributed by atoms with Crippen LogP contribution in [0, 0.1) is 10.8 Å². The third-order valence-corrected chi connectivity index (χ3v) is 7.40. The van der Waals surface area contributed by atoms with Crippen LogP contribution >= 0.6 is 47.9 Å². The Bertz CT molecular complexity index is 960. The van der Waals surface area contributed by atoms with Crippen LogP contribution in [-0.4, -0.2) is 114 Å². The predicted octanol–water partition coefficient (Wildman–Crippen LogP) is 4.17. The van der Waals surface area contributed by atoms with Crippen molar-refractivity contribution in [3.8, 4) is 0 Å². The van der Waals surface area contributed by atoms with E-state index in [1.165, 1.54) is 7.11 Å². The molecule has 0 bridgehead atoms. The van der Waals surface area contributed by atoms with Gasteiger partial charge in [-0.1, -0.05) is 41.5 Å². The van der Waals surface area contributed by atoms with Gasteiger partial charge in [-0.05, 0) is 93.4 Å². The van der Waals surface area contributed by atoms with Crippen molar-refractivity contribution in [1.82, 2.24) is 0 Å². The maximum atomic E-state index is 11.7. The van der Waals surface area contributed by atoms with Gasteiger partial charge in [-0.15, -0.1) is 0 Å². The summed E-state index contributed by atoms with van der Waals surface area (Å²) in [5.74, 6) is -0.553. The van der Waals surface area contributed by atoms with E-state index in [0.717, 1.165) is 25.7 Å². The summed E-state index contributed by atoms with van der Waals surface area (Å²) in [4.78, 5) is 39.8. The molecular weight excluding hydrogens is 837 g/mol. The lowest BCUT2D eigenvalue weighted by molar-refractivity contribution is -0.295. The Labute approximate surface area is 297 Å². The minimum absolute atomic E-state index is 0. The van der Waals surface area contributed by atoms with Gasteiger partial charge in [-0.3, -0.25) is 4.79 Å². The maximum absolute atomic E-state index is 11.7. The first-order valence-corrected chi connectivity index (χ1v) is 20.9. The van der Waals surface area contributed by atoms with Crippen LogP contribution in [0.1, 0.15) is 87.9 Å². The topological polar surface area (TPSA) is 205 Å². The van der Waals surface area contributed by atoms with Crippen molar-refractivity contribution in [3.63, 3.8) is 0 Å². The van der Waals surface area contributed by atoms with Crippen molar-refractivity contribution in [3.05, 3.63) is 0 Å². The van der Waals surface area contributed by atoms with Crippen LogP contribution in [-0.2, 0) is 28.6 Å². The number of aliphatic hydroxyl groups is 5. The number of aliphatic imine (C=N–C) groups is 2. The van der Waals surface area contributed by atoms with E-state index in [0.29, 0.717) is 19.4 Å². The van der Waals surface area contributed by atoms with Gasteiger partial charge in [0.25, 0.3) is 0 Å². The number of carbonyl (C=O) groups is 1. The summed E-state index contributed by atoms with van der Waals surface area (Å²) in [5, 5.41) is 48.6. The van der Waals surface area contributed by atoms with E-state index < -0.39 is 52.7 Å². The highest BCUT2D eigenvalue weighted by molar-refractivity contribution is 14.3. The highest BCUT2D eigenvalue weighted by atomic mass is 127. The van der Waals surface area contributed by atoms with Gasteiger partial charge in [-0.25, -0.2) is 19.6 Å². The summed E-state index contributed by atoms with van der Waals surface area (Å²) in [6, 6.07) is 0.00750. The highest BCUT2D eigenvalue weighted by Gasteiger charge is 2.44. The molecule has 2 fully saturated rings. The van der Waals surface area contributed by atoms with E-state index in [4.69, 9.17) is 15.5 Å². The lowest BCUT2D eigenvalue weighted by atomic mass is 9.63. The smallest absolute Gasteiger partial charge is 0.305 e. The zero-order chi connectivity index (χ0) is 34.8. The van der Waals surface area contributed by atoms with Crippen LogP contribution in [0.4, 0.5) is 0 Å². The van der Waals surface area contributed by atoms with Gasteiger partial charge >= 0.3 is 5.97 Å². The fourth-order valence-electron chi connectivity index (χ4n) is 5.72. The minimum Gasteiger partial charge on any atom is -0.463 e. The summed E-state index contributed by atoms with van der Waals surface area (Å²) in [6.07, 6.45) is -0.331. The highest BCUT2D eigenvalue weighted by Crippen LogP contribution is 2.47. The molecule has 0 amide bonds. The molecule has 1 aliphatic carbocycles. The standard InChI is InChI=1S/C16H30O9.C12H18N2O2.CH4.HI2P.H2/c1-3-5-9(17)10(18)6-4-7-12(19)24-8-11-13(20)14(21)15(22)16(23-2)25-11;1-11(2)4-10(14-9-16)5-12(3,6-11)7-13-8-15;;1-3-2;/h9-11,13-18,20-22H,3-8H2,1-2H3;10H,4-7H2,1-3H3;1H4;3H;1H/t9?,10?,11?,13-,14+,15?,16+;;;;/m1..../s1/i;;;3D;1+1. The number of halogens is 2. The van der Waals surface area contributed by atoms with E-state index in [1.54, 1.807) is 12.2 Å². The molecule has 2 aliphatic rings. The lowest BCUT2D eigenvalue weighted by Crippen LogP contribution is -2.59. The van der Waals surface area contributed by atoms with E-state index in [-0.39, 0.29) is 45.2 Å². The molecule has 266 valence electrons. The number of hydrogen-bond donors (Lipinski definition) is 5. The van der Waals surface area contributed by atoms with Crippen LogP contribution in [0.25, 0.3) is 0 Å². The molecule has 0 aromatic heterocycles. The van der Waals surface area contributed by atoms with E-state index in [9.17, 15) is 39.9 Å². The second-order valence-electron chi connectivity index (χ2n) is 12.2. The Morgan fingerprint density at radius 1 is 1.11 bits per heavy atom. The van der Waals surface area contributed by atoms with Gasteiger partial charge in [-0.2, -0.15) is 0 Å². The summed E-state index contributed by atoms with van der Waals surface area (Å²) in [6.45, 7) is 8.46. The zero-order valence-corrected chi connectivity index (χ0v) is 31.2. The summed E-state index contributed by atoms with van der Waals surface area (Å²) < 4.78 is 21.3. The number of carbonyl (C=O) groups excluding carboxylic acids is 3. The van der Waals surface area contributed by atoms with Crippen molar-refractivity contribution in [2.45, 2.75) is 135 Å². The Morgan fingerprint density at radius 2 is 1.71 bits per heavy atom. The molecule has 1 aliphatic heterocycles. The normalized spacial score (nSPS) is 30.2. The molecule has 1 saturated carbocycles. The van der Waals surface area contributed by atoms with Gasteiger partial charge in [0.15, 0.2) is 6.29 Å². The molecule has 0 aromatic carbocycles. The number of isocyanates is 2. The molecule has 6 unspecified atom stereocenters.